The second-order valence-electron chi connectivity index (χ2n) is 23.7. The molecule has 0 unspecified atom stereocenters. The highest BCUT2D eigenvalue weighted by atomic mass is 16.5. The highest BCUT2D eigenvalue weighted by molar-refractivity contribution is 6.13. The normalized spacial score (nSPS) is 11.7. The molecule has 0 spiro atoms. The van der Waals surface area contributed by atoms with Crippen LogP contribution in [-0.2, 0) is 19.2 Å². The van der Waals surface area contributed by atoms with Gasteiger partial charge in [0.15, 0.2) is 26.4 Å². The number of ether oxygens (including phenoxy) is 4. The van der Waals surface area contributed by atoms with Gasteiger partial charge in [0.1, 0.15) is 23.0 Å². The van der Waals surface area contributed by atoms with Crippen molar-refractivity contribution < 1.29 is 38.1 Å². The van der Waals surface area contributed by atoms with E-state index in [9.17, 15) is 19.2 Å². The Kier molecular flexibility index (Phi) is 19.0. The lowest BCUT2D eigenvalue weighted by molar-refractivity contribution is -0.123. The summed E-state index contributed by atoms with van der Waals surface area (Å²) in [4.78, 5) is 73.6. The van der Waals surface area contributed by atoms with E-state index >= 15 is 0 Å². The maximum Gasteiger partial charge on any atom is 0.257 e. The van der Waals surface area contributed by atoms with Crippen molar-refractivity contribution in [3.8, 4) is 67.5 Å². The number of H-pyrrole nitrogens is 2. The lowest BCUT2D eigenvalue weighted by Crippen LogP contribution is -2.29. The minimum atomic E-state index is -0.258. The molecule has 16 heteroatoms. The van der Waals surface area contributed by atoms with Crippen molar-refractivity contribution in [3.05, 3.63) is 193 Å². The lowest BCUT2D eigenvalue weighted by Gasteiger charge is -2.17. The SMILES string of the molecule is CCCNC(=O)COc1ccc2ccccc2c1-c1c2nc(c(-c3c(OCC(=O)NCCC)ccc4ccccc34)c3ccc([nH]3)c(-c3c(OCC(=O)NCCC)ccc4ccccc34)c3nc(c(-c4c(OCC(=O)NCCC)ccc5ccccc45)c4ccc1[nH]4)C=C3)C=C2. The molecule has 482 valence electrons. The Hall–Kier alpha value is -11.5. The predicted molar refractivity (Wildman–Crippen MR) is 386 cm³/mol. The van der Waals surface area contributed by atoms with Crippen molar-refractivity contribution in [1.29, 1.82) is 0 Å². The molecule has 13 rings (SSSR count). The number of nitrogens with zero attached hydrogens (tertiary/aromatic N) is 2. The molecule has 0 radical (unpaired) electrons. The summed E-state index contributed by atoms with van der Waals surface area (Å²) in [6.07, 6.45) is 11.0. The highest BCUT2D eigenvalue weighted by Crippen LogP contribution is 2.49. The van der Waals surface area contributed by atoms with Gasteiger partial charge in [-0.05, 0) is 142 Å². The smallest absolute Gasteiger partial charge is 0.257 e. The number of aromatic amines is 2. The lowest BCUT2D eigenvalue weighted by atomic mass is 9.95. The van der Waals surface area contributed by atoms with Crippen LogP contribution < -0.4 is 40.2 Å². The number of rotatable bonds is 24. The summed E-state index contributed by atoms with van der Waals surface area (Å²) in [6.45, 7) is 9.03. The molecule has 8 aromatic carbocycles. The van der Waals surface area contributed by atoms with Crippen LogP contribution in [0.2, 0.25) is 0 Å². The van der Waals surface area contributed by atoms with E-state index in [4.69, 9.17) is 28.9 Å². The molecule has 2 aliphatic heterocycles. The molecule has 96 heavy (non-hydrogen) atoms. The predicted octanol–water partition coefficient (Wildman–Crippen LogP) is 15.6. The Morgan fingerprint density at radius 1 is 0.302 bits per heavy atom. The van der Waals surface area contributed by atoms with E-state index in [2.05, 4.69) is 31.2 Å². The summed E-state index contributed by atoms with van der Waals surface area (Å²) in [5.41, 5.74) is 10.2. The zero-order valence-corrected chi connectivity index (χ0v) is 54.1. The second-order valence-corrected chi connectivity index (χ2v) is 23.7. The zero-order chi connectivity index (χ0) is 66.1. The van der Waals surface area contributed by atoms with E-state index in [0.29, 0.717) is 139 Å². The monoisotopic (exact) mass is 1270 g/mol. The van der Waals surface area contributed by atoms with E-state index in [0.717, 1.165) is 68.8 Å². The Labute approximate surface area is 555 Å². The van der Waals surface area contributed by atoms with Crippen LogP contribution in [0.4, 0.5) is 0 Å². The van der Waals surface area contributed by atoms with Crippen LogP contribution in [0, 0.1) is 0 Å². The number of hydrogen-bond donors (Lipinski definition) is 6. The van der Waals surface area contributed by atoms with Gasteiger partial charge in [-0.2, -0.15) is 0 Å². The number of fused-ring (bicyclic) bond motifs is 12. The fraction of sp³-hybridized carbons (Fsp3) is 0.200. The first-order chi connectivity index (χ1) is 47.1. The number of hydrogen-bond acceptors (Lipinski definition) is 10. The number of carbonyl (C=O) groups excluding carboxylic acids is 4. The summed E-state index contributed by atoms with van der Waals surface area (Å²) >= 11 is 0. The van der Waals surface area contributed by atoms with Gasteiger partial charge in [0.2, 0.25) is 0 Å². The standard InChI is InChI=1S/C80H74N8O8/c1-5-41-81-69(89)45-93-65-37-25-49-17-9-13-21-53(49)73(65)77-57-29-31-59(85-57)78(74-54-22-14-10-18-50(54)26-38-66(74)94-46-70(90)82-42-6-2)61-33-35-63(87-61)80(76-56-24-16-12-20-52(56)28-40-68(76)96-48-72(92)84-44-8-4)64-36-34-62(88-64)79(60-32-30-58(77)86-60)75-55-23-15-11-19-51(55)27-39-67(75)95-47-71(91)83-43-7-3/h9-40,85,88H,5-8,41-48H2,1-4H3,(H,81,89)(H,82,90)(H,83,91)(H,84,92). The minimum absolute atomic E-state index is 0.245. The van der Waals surface area contributed by atoms with Crippen molar-refractivity contribution in [2.45, 2.75) is 53.4 Å². The molecule has 3 aromatic heterocycles. The summed E-state index contributed by atoms with van der Waals surface area (Å²) < 4.78 is 26.7. The summed E-state index contributed by atoms with van der Waals surface area (Å²) in [7, 11) is 0. The van der Waals surface area contributed by atoms with Crippen molar-refractivity contribution in [2.24, 2.45) is 0 Å². The molecule has 2 aliphatic rings. The van der Waals surface area contributed by atoms with Crippen LogP contribution >= 0.6 is 0 Å². The van der Waals surface area contributed by atoms with Crippen molar-refractivity contribution in [1.82, 2.24) is 41.2 Å². The molecule has 0 saturated heterocycles. The van der Waals surface area contributed by atoms with Gasteiger partial charge in [0.25, 0.3) is 23.6 Å². The maximum atomic E-state index is 13.5. The van der Waals surface area contributed by atoms with Gasteiger partial charge in [-0.1, -0.05) is 149 Å². The molecular formula is C80H74N8O8. The Bertz CT molecular complexity index is 4460. The highest BCUT2D eigenvalue weighted by Gasteiger charge is 2.27. The van der Waals surface area contributed by atoms with Crippen LogP contribution in [0.3, 0.4) is 0 Å². The van der Waals surface area contributed by atoms with E-state index in [1.54, 1.807) is 0 Å². The summed E-state index contributed by atoms with van der Waals surface area (Å²) in [5, 5.41) is 19.0. The Morgan fingerprint density at radius 3 is 0.760 bits per heavy atom. The average molecular weight is 1280 g/mol. The molecule has 0 atom stereocenters. The third-order valence-corrected chi connectivity index (χ3v) is 17.0. The van der Waals surface area contributed by atoms with Crippen LogP contribution in [0.1, 0.15) is 76.2 Å². The van der Waals surface area contributed by atoms with E-state index in [-0.39, 0.29) is 50.1 Å². The van der Waals surface area contributed by atoms with Crippen molar-refractivity contribution in [3.63, 3.8) is 0 Å². The van der Waals surface area contributed by atoms with E-state index in [1.807, 2.05) is 222 Å². The van der Waals surface area contributed by atoms with Crippen LogP contribution in [0.15, 0.2) is 170 Å². The number of aromatic nitrogens is 4. The molecule has 8 bridgehead atoms. The molecule has 11 aromatic rings. The quantitative estimate of drug-likeness (QED) is 0.0337. The molecule has 0 saturated carbocycles. The number of amides is 4. The molecular weight excluding hydrogens is 1200 g/mol. The van der Waals surface area contributed by atoms with Gasteiger partial charge >= 0.3 is 0 Å². The third-order valence-electron chi connectivity index (χ3n) is 17.0. The fourth-order valence-corrected chi connectivity index (χ4v) is 12.6. The molecule has 5 heterocycles. The van der Waals surface area contributed by atoms with E-state index in [1.165, 1.54) is 0 Å². The van der Waals surface area contributed by atoms with Gasteiger partial charge < -0.3 is 50.2 Å². The first-order valence-electron chi connectivity index (χ1n) is 32.9. The van der Waals surface area contributed by atoms with Crippen molar-refractivity contribution >= 4 is 113 Å². The first kappa shape index (κ1) is 63.2. The summed E-state index contributed by atoms with van der Waals surface area (Å²) in [6, 6.07) is 56.0. The Balaban J connectivity index is 1.20. The molecule has 16 nitrogen and oxygen atoms in total. The fourth-order valence-electron chi connectivity index (χ4n) is 12.6. The third kappa shape index (κ3) is 13.1. The van der Waals surface area contributed by atoms with Crippen molar-refractivity contribution in [2.75, 3.05) is 52.6 Å². The van der Waals surface area contributed by atoms with Gasteiger partial charge in [-0.15, -0.1) is 0 Å². The van der Waals surface area contributed by atoms with Gasteiger partial charge in [0.05, 0.1) is 22.8 Å². The number of nitrogens with one attached hydrogen (secondary N) is 6. The van der Waals surface area contributed by atoms with Crippen LogP contribution in [0.25, 0.3) is 134 Å². The molecule has 0 aliphatic carbocycles. The van der Waals surface area contributed by atoms with Crippen LogP contribution in [0.5, 0.6) is 23.0 Å². The second kappa shape index (κ2) is 28.8. The van der Waals surface area contributed by atoms with Gasteiger partial charge in [0, 0.05) is 92.8 Å². The van der Waals surface area contributed by atoms with Crippen LogP contribution in [-0.4, -0.2) is 96.2 Å². The molecule has 0 fully saturated rings. The maximum absolute atomic E-state index is 13.5. The first-order valence-corrected chi connectivity index (χ1v) is 32.9. The molecule has 6 N–H and O–H groups in total. The van der Waals surface area contributed by atoms with E-state index < -0.39 is 0 Å². The average Bonchev–Trinajstić information content (AvgIpc) is 1.63. The minimum Gasteiger partial charge on any atom is -0.483 e. The van der Waals surface area contributed by atoms with Gasteiger partial charge in [-0.3, -0.25) is 19.2 Å². The number of benzene rings is 8. The Morgan fingerprint density at radius 2 is 0.531 bits per heavy atom. The van der Waals surface area contributed by atoms with Gasteiger partial charge in [-0.25, -0.2) is 9.97 Å². The topological polar surface area (TPSA) is 211 Å². The largest absolute Gasteiger partial charge is 0.483 e. The zero-order valence-electron chi connectivity index (χ0n) is 54.1. The number of carbonyl (C=O) groups is 4. The summed E-state index contributed by atoms with van der Waals surface area (Å²) in [5.74, 6) is 0.779. The molecule has 4 amide bonds.